The van der Waals surface area contributed by atoms with Crippen LogP contribution in [0.5, 0.6) is 5.75 Å². The normalized spacial score (nSPS) is 40.5. The van der Waals surface area contributed by atoms with Gasteiger partial charge in [-0.15, -0.1) is 0 Å². The van der Waals surface area contributed by atoms with Gasteiger partial charge in [-0.25, -0.2) is 0 Å². The summed E-state index contributed by atoms with van der Waals surface area (Å²) in [4.78, 5) is 2.47. The predicted octanol–water partition coefficient (Wildman–Crippen LogP) is 4.16. The number of nitrogens with zero attached hydrogens (tertiary/aromatic N) is 1. The van der Waals surface area contributed by atoms with Crippen molar-refractivity contribution < 1.29 is 14.3 Å². The van der Waals surface area contributed by atoms with Crippen molar-refractivity contribution in [3.8, 4) is 5.75 Å². The van der Waals surface area contributed by atoms with Gasteiger partial charge in [0.2, 0.25) is 0 Å². The van der Waals surface area contributed by atoms with Gasteiger partial charge in [-0.05, 0) is 82.2 Å². The van der Waals surface area contributed by atoms with Crippen LogP contribution in [0.15, 0.2) is 18.2 Å². The topological polar surface area (TPSA) is 12.5 Å². The molecule has 1 aliphatic heterocycles. The molecule has 1 aromatic carbocycles. The van der Waals surface area contributed by atoms with E-state index in [-0.39, 0.29) is 11.2 Å². The Morgan fingerprint density at radius 2 is 2.27 bits per heavy atom. The average molecular weight is 307 g/mol. The fourth-order valence-corrected chi connectivity index (χ4v) is 5.36. The third kappa shape index (κ3) is 2.11. The third-order valence-electron chi connectivity index (χ3n) is 6.31. The van der Waals surface area contributed by atoms with Crippen molar-refractivity contribution in [2.45, 2.75) is 69.8 Å². The van der Waals surface area contributed by atoms with E-state index in [1.54, 1.807) is 6.07 Å². The van der Waals surface area contributed by atoms with Gasteiger partial charge in [0.15, 0.2) is 0 Å². The molecule has 3 atom stereocenters. The van der Waals surface area contributed by atoms with E-state index >= 15 is 0 Å². The highest BCUT2D eigenvalue weighted by molar-refractivity contribution is 5.45. The van der Waals surface area contributed by atoms with Crippen molar-refractivity contribution in [1.82, 2.24) is 4.90 Å². The Labute approximate surface area is 144 Å². The zero-order valence-corrected chi connectivity index (χ0v) is 13.2. The lowest BCUT2D eigenvalue weighted by molar-refractivity contribution is 0.00266. The van der Waals surface area contributed by atoms with Crippen LogP contribution in [0.3, 0.4) is 0 Å². The quantitative estimate of drug-likeness (QED) is 0.813. The van der Waals surface area contributed by atoms with Crippen LogP contribution in [0.1, 0.15) is 66.5 Å². The van der Waals surface area contributed by atoms with Crippen LogP contribution in [0, 0.1) is 5.92 Å². The fourth-order valence-electron chi connectivity index (χ4n) is 5.36. The average Bonchev–Trinajstić information content (AvgIpc) is 2.63. The van der Waals surface area contributed by atoms with E-state index < -0.39 is 19.8 Å². The van der Waals surface area contributed by atoms with Crippen molar-refractivity contribution in [2.75, 3.05) is 13.6 Å². The van der Waals surface area contributed by atoms with E-state index in [0.717, 1.165) is 25.8 Å². The molecule has 120 valence electrons. The highest BCUT2D eigenvalue weighted by Crippen LogP contribution is 2.55. The molecule has 0 spiro atoms. The Kier molecular flexibility index (Phi) is 2.09. The summed E-state index contributed by atoms with van der Waals surface area (Å²) < 4.78 is 59.3. The third-order valence-corrected chi connectivity index (χ3v) is 6.31. The minimum absolute atomic E-state index is 0.0486. The van der Waals surface area contributed by atoms with Crippen molar-refractivity contribution in [1.29, 1.82) is 0 Å². The van der Waals surface area contributed by atoms with Crippen LogP contribution in [-0.2, 0) is 11.8 Å². The number of rotatable bonds is 2. The lowest BCUT2D eigenvalue weighted by Crippen LogP contribution is -2.59. The highest BCUT2D eigenvalue weighted by atomic mass is 16.5. The molecule has 22 heavy (non-hydrogen) atoms. The summed E-state index contributed by atoms with van der Waals surface area (Å²) in [6.07, 6.45) is 3.69. The number of fused-ring (bicyclic) bond motifs is 1. The highest BCUT2D eigenvalue weighted by Gasteiger charge is 2.53. The summed E-state index contributed by atoms with van der Waals surface area (Å²) >= 11 is 0. The second-order valence-electron chi connectivity index (χ2n) is 7.26. The molecule has 1 aromatic rings. The van der Waals surface area contributed by atoms with Gasteiger partial charge in [0.1, 0.15) is 5.75 Å². The molecule has 2 aliphatic carbocycles. The van der Waals surface area contributed by atoms with Gasteiger partial charge in [-0.2, -0.15) is 0 Å². The maximum Gasteiger partial charge on any atom is 0.119 e. The van der Waals surface area contributed by atoms with Gasteiger partial charge in [0.05, 0.1) is 7.45 Å². The lowest BCUT2D eigenvalue weighted by atomic mass is 9.52. The van der Waals surface area contributed by atoms with Crippen LogP contribution in [0.25, 0.3) is 0 Å². The largest absolute Gasteiger partial charge is 0.491 e. The van der Waals surface area contributed by atoms with Gasteiger partial charge in [0, 0.05) is 19.7 Å². The number of piperidine rings is 1. The number of likely N-dealkylation sites (tertiary alicyclic amines) is 1. The van der Waals surface area contributed by atoms with E-state index in [2.05, 4.69) is 11.9 Å². The standard InChI is InChI=1S/C20H29NO/c1-14(2)22-16-8-7-15-12-19-17-6-4-5-9-20(17,18(15)13-16)10-11-21(19)3/h7-8,13-14,17,19H,4-6,9-12H2,1-3H3/t17-,19+,20+/m1/s1/i1D3,2D3,14D. The Morgan fingerprint density at radius 1 is 1.36 bits per heavy atom. The molecule has 3 aliphatic rings. The van der Waals surface area contributed by atoms with Crippen LogP contribution in [-0.4, -0.2) is 30.6 Å². The van der Waals surface area contributed by atoms with Gasteiger partial charge in [-0.3, -0.25) is 0 Å². The van der Waals surface area contributed by atoms with Crippen LogP contribution in [0.2, 0.25) is 0 Å². The van der Waals surface area contributed by atoms with Gasteiger partial charge in [-0.1, -0.05) is 18.9 Å². The van der Waals surface area contributed by atoms with E-state index in [1.165, 1.54) is 30.4 Å². The molecule has 2 fully saturated rings. The summed E-state index contributed by atoms with van der Waals surface area (Å²) in [6.45, 7) is -5.17. The molecule has 2 nitrogen and oxygen atoms in total. The Morgan fingerprint density at radius 3 is 3.14 bits per heavy atom. The second kappa shape index (κ2) is 5.26. The maximum absolute atomic E-state index is 8.19. The van der Waals surface area contributed by atoms with Crippen molar-refractivity contribution in [3.63, 3.8) is 0 Å². The maximum atomic E-state index is 8.19. The van der Waals surface area contributed by atoms with Crippen LogP contribution in [0.4, 0.5) is 0 Å². The Bertz CT molecular complexity index is 776. The van der Waals surface area contributed by atoms with Crippen molar-refractivity contribution in [2.24, 2.45) is 5.92 Å². The van der Waals surface area contributed by atoms with E-state index in [0.29, 0.717) is 12.0 Å². The molecule has 4 rings (SSSR count). The molecule has 0 N–H and O–H groups in total. The second-order valence-corrected chi connectivity index (χ2v) is 7.26. The van der Waals surface area contributed by atoms with Gasteiger partial charge in [0.25, 0.3) is 0 Å². The molecule has 1 saturated carbocycles. The molecule has 2 heteroatoms. The summed E-state index contributed by atoms with van der Waals surface area (Å²) in [5.41, 5.74) is 2.47. The molecule has 1 saturated heterocycles. The number of hydrogen-bond acceptors (Lipinski definition) is 2. The molecular weight excluding hydrogens is 270 g/mol. The lowest BCUT2D eigenvalue weighted by Gasteiger charge is -2.58. The molecular formula is C20H29NO. The molecule has 1 heterocycles. The molecule has 0 amide bonds. The zero-order chi connectivity index (χ0) is 21.2. The van der Waals surface area contributed by atoms with E-state index in [4.69, 9.17) is 14.3 Å². The monoisotopic (exact) mass is 306 g/mol. The van der Waals surface area contributed by atoms with E-state index in [9.17, 15) is 0 Å². The van der Waals surface area contributed by atoms with Gasteiger partial charge >= 0.3 is 0 Å². The molecule has 0 aromatic heterocycles. The smallest absolute Gasteiger partial charge is 0.119 e. The van der Waals surface area contributed by atoms with E-state index in [1.807, 2.05) is 12.1 Å². The molecule has 0 radical (unpaired) electrons. The van der Waals surface area contributed by atoms with Crippen molar-refractivity contribution >= 4 is 0 Å². The SMILES string of the molecule is [2H]C([2H])([2H])C([2H])(Oc1ccc2c(c1)[C@]13CCCC[C@@H]1[C@H](C2)N(C)CC3)C([2H])([2H])[2H]. The number of benzene rings is 1. The molecule has 2 bridgehead atoms. The predicted molar refractivity (Wildman–Crippen MR) is 90.6 cm³/mol. The number of hydrogen-bond donors (Lipinski definition) is 0. The first-order valence-corrected chi connectivity index (χ1v) is 8.42. The summed E-state index contributed by atoms with van der Waals surface area (Å²) in [6, 6.07) is 5.94. The van der Waals surface area contributed by atoms with Crippen LogP contribution < -0.4 is 4.74 Å². The van der Waals surface area contributed by atoms with Crippen molar-refractivity contribution in [3.05, 3.63) is 29.3 Å². The Balaban J connectivity index is 1.76. The summed E-state index contributed by atoms with van der Waals surface area (Å²) in [7, 11) is 2.20. The summed E-state index contributed by atoms with van der Waals surface area (Å²) in [5, 5.41) is 0. The zero-order valence-electron chi connectivity index (χ0n) is 20.2. The first-order chi connectivity index (χ1) is 13.4. The fraction of sp³-hybridized carbons (Fsp3) is 0.700. The van der Waals surface area contributed by atoms with Gasteiger partial charge < -0.3 is 9.64 Å². The molecule has 0 unspecified atom stereocenters. The Hall–Kier alpha value is -1.02. The first-order valence-electron chi connectivity index (χ1n) is 11.9. The minimum atomic E-state index is -3.10. The summed E-state index contributed by atoms with van der Waals surface area (Å²) in [5.74, 6) is 0.728. The minimum Gasteiger partial charge on any atom is -0.491 e. The number of ether oxygens (including phenoxy) is 1. The van der Waals surface area contributed by atoms with Crippen LogP contribution >= 0.6 is 0 Å². The first kappa shape index (κ1) is 8.73. The number of likely N-dealkylation sites (N-methyl/N-ethyl adjacent to an activating group) is 1.